The number of anilines is 1. The van der Waals surface area contributed by atoms with Crippen molar-refractivity contribution < 1.29 is 14.3 Å². The van der Waals surface area contributed by atoms with E-state index in [1.807, 2.05) is 42.7 Å². The number of aromatic nitrogens is 3. The summed E-state index contributed by atoms with van der Waals surface area (Å²) in [5, 5.41) is 0. The van der Waals surface area contributed by atoms with Gasteiger partial charge in [0.25, 0.3) is 0 Å². The number of nitrogens with two attached hydrogens (primary N) is 1. The Morgan fingerprint density at radius 2 is 1.87 bits per heavy atom. The van der Waals surface area contributed by atoms with E-state index < -0.39 is 5.97 Å². The van der Waals surface area contributed by atoms with Crippen LogP contribution in [0.15, 0.2) is 24.3 Å². The Hall–Kier alpha value is -2.67. The second kappa shape index (κ2) is 9.00. The van der Waals surface area contributed by atoms with Crippen LogP contribution in [0.4, 0.5) is 5.82 Å². The first-order chi connectivity index (χ1) is 14.5. The van der Waals surface area contributed by atoms with E-state index in [2.05, 4.69) is 0 Å². The van der Waals surface area contributed by atoms with Gasteiger partial charge in [0.05, 0.1) is 17.1 Å². The van der Waals surface area contributed by atoms with Crippen LogP contribution in [0.2, 0.25) is 0 Å². The molecule has 2 aromatic heterocycles. The summed E-state index contributed by atoms with van der Waals surface area (Å²) in [5.74, 6) is -0.0307. The molecular weight excluding hydrogens is 380 g/mol. The number of fused-ring (bicyclic) bond motifs is 2. The van der Waals surface area contributed by atoms with E-state index in [0.717, 1.165) is 43.1 Å². The number of esters is 1. The number of hydrogen-bond donors (Lipinski definition) is 1. The molecule has 160 valence electrons. The van der Waals surface area contributed by atoms with Crippen molar-refractivity contribution in [2.45, 2.75) is 71.1 Å². The fourth-order valence-corrected chi connectivity index (χ4v) is 4.08. The SMILES string of the molecule is CC(C)OCCCn1c(N)c(C(=O)OC2CCCCC2)c2nc3ccccc3nc21. The summed E-state index contributed by atoms with van der Waals surface area (Å²) in [5.41, 5.74) is 9.43. The molecule has 7 nitrogen and oxygen atoms in total. The maximum atomic E-state index is 13.1. The summed E-state index contributed by atoms with van der Waals surface area (Å²) in [4.78, 5) is 22.6. The minimum absolute atomic E-state index is 0.0445. The van der Waals surface area contributed by atoms with E-state index in [1.54, 1.807) is 0 Å². The molecule has 0 aliphatic heterocycles. The highest BCUT2D eigenvalue weighted by Gasteiger charge is 2.27. The van der Waals surface area contributed by atoms with Crippen LogP contribution in [-0.4, -0.2) is 39.3 Å². The first kappa shape index (κ1) is 20.6. The van der Waals surface area contributed by atoms with Crippen molar-refractivity contribution in [3.63, 3.8) is 0 Å². The zero-order valence-corrected chi connectivity index (χ0v) is 17.8. The third-order valence-corrected chi connectivity index (χ3v) is 5.60. The number of aryl methyl sites for hydroxylation is 1. The lowest BCUT2D eigenvalue weighted by Crippen LogP contribution is -2.21. The zero-order valence-electron chi connectivity index (χ0n) is 17.8. The second-order valence-corrected chi connectivity index (χ2v) is 8.23. The summed E-state index contributed by atoms with van der Waals surface area (Å²) in [6, 6.07) is 7.64. The predicted molar refractivity (Wildman–Crippen MR) is 117 cm³/mol. The van der Waals surface area contributed by atoms with E-state index in [0.29, 0.717) is 35.7 Å². The van der Waals surface area contributed by atoms with Gasteiger partial charge in [-0.3, -0.25) is 0 Å². The maximum absolute atomic E-state index is 13.1. The largest absolute Gasteiger partial charge is 0.459 e. The van der Waals surface area contributed by atoms with Gasteiger partial charge in [0, 0.05) is 13.2 Å². The maximum Gasteiger partial charge on any atom is 0.344 e. The summed E-state index contributed by atoms with van der Waals surface area (Å²) >= 11 is 0. The third kappa shape index (κ3) is 4.26. The van der Waals surface area contributed by atoms with Crippen LogP contribution in [-0.2, 0) is 16.0 Å². The summed E-state index contributed by atoms with van der Waals surface area (Å²) in [6.45, 7) is 5.23. The molecule has 0 radical (unpaired) electrons. The molecule has 2 N–H and O–H groups in total. The first-order valence-corrected chi connectivity index (χ1v) is 10.9. The molecule has 1 aliphatic rings. The van der Waals surface area contributed by atoms with Crippen molar-refractivity contribution in [3.05, 3.63) is 29.8 Å². The van der Waals surface area contributed by atoms with Crippen LogP contribution < -0.4 is 5.73 Å². The van der Waals surface area contributed by atoms with Crippen molar-refractivity contribution in [3.8, 4) is 0 Å². The van der Waals surface area contributed by atoms with Crippen LogP contribution in [0, 0.1) is 0 Å². The highest BCUT2D eigenvalue weighted by molar-refractivity contribution is 6.08. The Labute approximate surface area is 176 Å². The monoisotopic (exact) mass is 410 g/mol. The lowest BCUT2D eigenvalue weighted by atomic mass is 9.98. The molecule has 1 fully saturated rings. The molecule has 0 amide bonds. The van der Waals surface area contributed by atoms with Crippen LogP contribution in [0.1, 0.15) is 62.7 Å². The van der Waals surface area contributed by atoms with E-state index in [-0.39, 0.29) is 12.2 Å². The Morgan fingerprint density at radius 1 is 1.17 bits per heavy atom. The molecular formula is C23H30N4O3. The molecule has 0 spiro atoms. The van der Waals surface area contributed by atoms with Gasteiger partial charge in [0.2, 0.25) is 0 Å². The molecule has 0 unspecified atom stereocenters. The Balaban J connectivity index is 1.71. The van der Waals surface area contributed by atoms with Gasteiger partial charge in [0.1, 0.15) is 23.0 Å². The number of rotatable bonds is 7. The van der Waals surface area contributed by atoms with Crippen molar-refractivity contribution in [2.24, 2.45) is 0 Å². The highest BCUT2D eigenvalue weighted by Crippen LogP contribution is 2.30. The van der Waals surface area contributed by atoms with Gasteiger partial charge in [-0.15, -0.1) is 0 Å². The quantitative estimate of drug-likeness (QED) is 0.456. The number of hydrogen-bond acceptors (Lipinski definition) is 6. The minimum Gasteiger partial charge on any atom is -0.459 e. The highest BCUT2D eigenvalue weighted by atomic mass is 16.5. The fourth-order valence-electron chi connectivity index (χ4n) is 4.08. The summed E-state index contributed by atoms with van der Waals surface area (Å²) in [6.07, 6.45) is 6.09. The van der Waals surface area contributed by atoms with Gasteiger partial charge in [-0.2, -0.15) is 0 Å². The molecule has 7 heteroatoms. The van der Waals surface area contributed by atoms with Gasteiger partial charge in [-0.1, -0.05) is 18.6 Å². The van der Waals surface area contributed by atoms with Crippen LogP contribution in [0.5, 0.6) is 0 Å². The Morgan fingerprint density at radius 3 is 2.57 bits per heavy atom. The van der Waals surface area contributed by atoms with Gasteiger partial charge in [-0.25, -0.2) is 14.8 Å². The van der Waals surface area contributed by atoms with Crippen molar-refractivity contribution in [2.75, 3.05) is 12.3 Å². The molecule has 2 heterocycles. The average Bonchev–Trinajstić information content (AvgIpc) is 3.00. The number of carbonyl (C=O) groups excluding carboxylic acids is 1. The van der Waals surface area contributed by atoms with Gasteiger partial charge < -0.3 is 19.8 Å². The van der Waals surface area contributed by atoms with Gasteiger partial charge in [0.15, 0.2) is 5.65 Å². The van der Waals surface area contributed by atoms with E-state index in [4.69, 9.17) is 25.2 Å². The predicted octanol–water partition coefficient (Wildman–Crippen LogP) is 4.47. The molecule has 1 saturated carbocycles. The number of benzene rings is 1. The van der Waals surface area contributed by atoms with Gasteiger partial charge >= 0.3 is 5.97 Å². The van der Waals surface area contributed by atoms with Crippen LogP contribution in [0.3, 0.4) is 0 Å². The molecule has 0 bridgehead atoms. The lowest BCUT2D eigenvalue weighted by molar-refractivity contribution is 0.0214. The van der Waals surface area contributed by atoms with E-state index in [1.165, 1.54) is 6.42 Å². The van der Waals surface area contributed by atoms with Crippen molar-refractivity contribution in [1.29, 1.82) is 0 Å². The molecule has 0 atom stereocenters. The molecule has 30 heavy (non-hydrogen) atoms. The van der Waals surface area contributed by atoms with E-state index >= 15 is 0 Å². The lowest BCUT2D eigenvalue weighted by Gasteiger charge is -2.21. The number of ether oxygens (including phenoxy) is 2. The first-order valence-electron chi connectivity index (χ1n) is 10.9. The number of para-hydroxylation sites is 2. The normalized spacial score (nSPS) is 15.3. The average molecular weight is 411 g/mol. The zero-order chi connectivity index (χ0) is 21.1. The fraction of sp³-hybridized carbons (Fsp3) is 0.522. The number of nitrogens with zero attached hydrogens (tertiary/aromatic N) is 3. The number of carbonyl (C=O) groups is 1. The van der Waals surface area contributed by atoms with Crippen molar-refractivity contribution >= 4 is 34.0 Å². The topological polar surface area (TPSA) is 92.3 Å². The Bertz CT molecular complexity index is 1040. The second-order valence-electron chi connectivity index (χ2n) is 8.23. The molecule has 3 aromatic rings. The number of nitrogen functional groups attached to an aromatic ring is 1. The standard InChI is InChI=1S/C23H30N4O3/c1-15(2)29-14-8-13-27-21(24)19(23(28)30-16-9-4-3-5-10-16)20-22(27)26-18-12-7-6-11-17(18)25-20/h6-7,11-12,15-16H,3-5,8-10,13-14,24H2,1-2H3. The molecule has 0 saturated heterocycles. The molecule has 1 aromatic carbocycles. The molecule has 4 rings (SSSR count). The summed E-state index contributed by atoms with van der Waals surface area (Å²) in [7, 11) is 0. The van der Waals surface area contributed by atoms with Crippen LogP contribution >= 0.6 is 0 Å². The smallest absolute Gasteiger partial charge is 0.344 e. The third-order valence-electron chi connectivity index (χ3n) is 5.60. The minimum atomic E-state index is -0.397. The summed E-state index contributed by atoms with van der Waals surface area (Å²) < 4.78 is 13.4. The van der Waals surface area contributed by atoms with Crippen molar-refractivity contribution in [1.82, 2.24) is 14.5 Å². The molecule has 1 aliphatic carbocycles. The van der Waals surface area contributed by atoms with Gasteiger partial charge in [-0.05, 0) is 58.1 Å². The van der Waals surface area contributed by atoms with Crippen LogP contribution in [0.25, 0.3) is 22.2 Å². The van der Waals surface area contributed by atoms with E-state index in [9.17, 15) is 4.79 Å². The Kier molecular flexibility index (Phi) is 6.18.